The zero-order valence-electron chi connectivity index (χ0n) is 23.0. The lowest BCUT2D eigenvalue weighted by Gasteiger charge is -2.27. The molecule has 6 N–H and O–H groups in total. The summed E-state index contributed by atoms with van der Waals surface area (Å²) < 4.78 is 0. The van der Waals surface area contributed by atoms with Crippen LogP contribution in [0.3, 0.4) is 0 Å². The number of rotatable bonds is 9. The smallest absolute Gasteiger partial charge is 0.256 e. The fourth-order valence-corrected chi connectivity index (χ4v) is 5.19. The highest BCUT2D eigenvalue weighted by Crippen LogP contribution is 2.29. The molecule has 1 aliphatic rings. The molecule has 1 saturated heterocycles. The molecule has 1 fully saturated rings. The summed E-state index contributed by atoms with van der Waals surface area (Å²) in [6.45, 7) is 6.47. The average Bonchev–Trinajstić information content (AvgIpc) is 3.40. The fourth-order valence-electron chi connectivity index (χ4n) is 5.19. The van der Waals surface area contributed by atoms with E-state index in [0.717, 1.165) is 43.9 Å². The molecule has 0 unspecified atom stereocenters. The summed E-state index contributed by atoms with van der Waals surface area (Å²) in [4.78, 5) is 40.4. The van der Waals surface area contributed by atoms with Crippen LogP contribution in [0.25, 0.3) is 10.9 Å². The van der Waals surface area contributed by atoms with Gasteiger partial charge in [0.25, 0.3) is 16.8 Å². The minimum absolute atomic E-state index is 0.115. The summed E-state index contributed by atoms with van der Waals surface area (Å²) in [5.41, 5.74) is 2.72. The second-order valence-corrected chi connectivity index (χ2v) is 10.5. The quantitative estimate of drug-likeness (QED) is 0.148. The van der Waals surface area contributed by atoms with Gasteiger partial charge in [0.1, 0.15) is 17.1 Å². The van der Waals surface area contributed by atoms with Gasteiger partial charge in [0.05, 0.1) is 5.52 Å². The van der Waals surface area contributed by atoms with Crippen molar-refractivity contribution in [1.29, 1.82) is 0 Å². The van der Waals surface area contributed by atoms with Crippen LogP contribution in [0.4, 0.5) is 22.9 Å². The van der Waals surface area contributed by atoms with E-state index in [0.29, 0.717) is 28.0 Å². The monoisotopic (exact) mass is 565 g/mol. The van der Waals surface area contributed by atoms with E-state index in [1.165, 1.54) is 0 Å². The SMILES string of the molecule is C[C@@H](Nc1c(Nc2ccc3[nH]nc(NC(=O)c4cccc(CN5CCNCC5)c4)c3c2)c(=O)c1=O)c1cccc(O)c1. The van der Waals surface area contributed by atoms with Crippen molar-refractivity contribution in [3.05, 3.63) is 104 Å². The number of phenolic OH excluding ortho intramolecular Hbond substituents is 1. The Kier molecular flexibility index (Phi) is 7.43. The molecule has 0 aliphatic carbocycles. The molecule has 214 valence electrons. The fraction of sp³-hybridized carbons (Fsp3) is 0.226. The Morgan fingerprint density at radius 1 is 1.00 bits per heavy atom. The number of carbonyl (C=O) groups excluding carboxylic acids is 1. The lowest BCUT2D eigenvalue weighted by molar-refractivity contribution is 0.102. The van der Waals surface area contributed by atoms with E-state index in [1.54, 1.807) is 42.5 Å². The summed E-state index contributed by atoms with van der Waals surface area (Å²) in [7, 11) is 0. The number of aromatic hydroxyl groups is 1. The zero-order valence-corrected chi connectivity index (χ0v) is 23.0. The molecular formula is C31H31N7O4. The topological polar surface area (TPSA) is 151 Å². The van der Waals surface area contributed by atoms with Crippen LogP contribution < -0.4 is 32.1 Å². The molecule has 1 amide bonds. The number of benzene rings is 3. The first-order chi connectivity index (χ1) is 20.4. The number of aromatic amines is 1. The number of fused-ring (bicyclic) bond motifs is 1. The van der Waals surface area contributed by atoms with E-state index in [2.05, 4.69) is 36.4 Å². The van der Waals surface area contributed by atoms with Crippen LogP contribution in [0.1, 0.15) is 34.5 Å². The Morgan fingerprint density at radius 2 is 1.79 bits per heavy atom. The highest BCUT2D eigenvalue weighted by molar-refractivity contribution is 6.08. The van der Waals surface area contributed by atoms with Gasteiger partial charge in [-0.05, 0) is 60.5 Å². The second kappa shape index (κ2) is 11.5. The maximum absolute atomic E-state index is 13.2. The first kappa shape index (κ1) is 27.2. The highest BCUT2D eigenvalue weighted by Gasteiger charge is 2.23. The second-order valence-electron chi connectivity index (χ2n) is 10.5. The largest absolute Gasteiger partial charge is 0.508 e. The number of amides is 1. The van der Waals surface area contributed by atoms with E-state index in [4.69, 9.17) is 0 Å². The van der Waals surface area contributed by atoms with Gasteiger partial charge in [0.15, 0.2) is 5.82 Å². The molecule has 0 spiro atoms. The third-order valence-corrected chi connectivity index (χ3v) is 7.51. The molecule has 4 aromatic carbocycles. The molecule has 1 aliphatic heterocycles. The van der Waals surface area contributed by atoms with Gasteiger partial charge >= 0.3 is 0 Å². The minimum Gasteiger partial charge on any atom is -0.508 e. The third-order valence-electron chi connectivity index (χ3n) is 7.51. The molecule has 0 saturated carbocycles. The number of phenols is 1. The number of hydrogen-bond donors (Lipinski definition) is 6. The number of nitrogens with zero attached hydrogens (tertiary/aromatic N) is 2. The first-order valence-corrected chi connectivity index (χ1v) is 13.8. The Hall–Kier alpha value is -5.00. The van der Waals surface area contributed by atoms with Crippen LogP contribution in [0.2, 0.25) is 0 Å². The van der Waals surface area contributed by atoms with Crippen molar-refractivity contribution < 1.29 is 9.90 Å². The third kappa shape index (κ3) is 5.60. The predicted molar refractivity (Wildman–Crippen MR) is 163 cm³/mol. The van der Waals surface area contributed by atoms with Crippen molar-refractivity contribution in [2.75, 3.05) is 42.1 Å². The van der Waals surface area contributed by atoms with Gasteiger partial charge in [0, 0.05) is 55.4 Å². The van der Waals surface area contributed by atoms with Crippen molar-refractivity contribution in [3.63, 3.8) is 0 Å². The molecule has 0 radical (unpaired) electrons. The van der Waals surface area contributed by atoms with Gasteiger partial charge in [0.2, 0.25) is 0 Å². The summed E-state index contributed by atoms with van der Waals surface area (Å²) in [5, 5.41) is 30.0. The number of hydrogen-bond acceptors (Lipinski definition) is 9. The normalized spacial score (nSPS) is 14.6. The lowest BCUT2D eigenvalue weighted by atomic mass is 10.1. The van der Waals surface area contributed by atoms with Gasteiger partial charge < -0.3 is 26.4 Å². The minimum atomic E-state index is -0.623. The van der Waals surface area contributed by atoms with Gasteiger partial charge in [-0.15, -0.1) is 0 Å². The molecule has 11 heteroatoms. The highest BCUT2D eigenvalue weighted by atomic mass is 16.3. The number of nitrogens with one attached hydrogen (secondary N) is 5. The molecule has 1 atom stereocenters. The average molecular weight is 566 g/mol. The summed E-state index contributed by atoms with van der Waals surface area (Å²) in [6.07, 6.45) is 0. The zero-order chi connectivity index (χ0) is 29.2. The van der Waals surface area contributed by atoms with Crippen molar-refractivity contribution in [1.82, 2.24) is 20.4 Å². The summed E-state index contributed by atoms with van der Waals surface area (Å²) in [5.74, 6) is 0.189. The van der Waals surface area contributed by atoms with Crippen molar-refractivity contribution in [2.24, 2.45) is 0 Å². The van der Waals surface area contributed by atoms with Crippen LogP contribution in [0, 0.1) is 0 Å². The van der Waals surface area contributed by atoms with Crippen LogP contribution in [0.5, 0.6) is 5.75 Å². The van der Waals surface area contributed by atoms with Crippen molar-refractivity contribution >= 4 is 39.7 Å². The molecule has 11 nitrogen and oxygen atoms in total. The van der Waals surface area contributed by atoms with Gasteiger partial charge in [-0.25, -0.2) is 0 Å². The molecule has 2 heterocycles. The maximum atomic E-state index is 13.2. The van der Waals surface area contributed by atoms with E-state index in [9.17, 15) is 19.5 Å². The number of anilines is 4. The van der Waals surface area contributed by atoms with Crippen LogP contribution in [-0.4, -0.2) is 52.3 Å². The maximum Gasteiger partial charge on any atom is 0.256 e. The Balaban J connectivity index is 1.18. The van der Waals surface area contributed by atoms with Gasteiger partial charge in [-0.3, -0.25) is 24.4 Å². The van der Waals surface area contributed by atoms with Crippen LogP contribution >= 0.6 is 0 Å². The molecule has 0 bridgehead atoms. The predicted octanol–water partition coefficient (Wildman–Crippen LogP) is 3.44. The summed E-state index contributed by atoms with van der Waals surface area (Å²) >= 11 is 0. The number of aromatic nitrogens is 2. The Bertz CT molecular complexity index is 1830. The number of H-pyrrole nitrogens is 1. The van der Waals surface area contributed by atoms with Gasteiger partial charge in [-0.1, -0.05) is 24.3 Å². The molecular weight excluding hydrogens is 534 g/mol. The number of carbonyl (C=O) groups is 1. The summed E-state index contributed by atoms with van der Waals surface area (Å²) in [6, 6.07) is 19.2. The Labute approximate surface area is 241 Å². The lowest BCUT2D eigenvalue weighted by Crippen LogP contribution is -2.42. The Morgan fingerprint density at radius 3 is 2.60 bits per heavy atom. The van der Waals surface area contributed by atoms with E-state index < -0.39 is 10.9 Å². The molecule has 6 rings (SSSR count). The van der Waals surface area contributed by atoms with E-state index in [1.807, 2.05) is 31.2 Å². The molecule has 42 heavy (non-hydrogen) atoms. The van der Waals surface area contributed by atoms with E-state index in [-0.39, 0.29) is 29.1 Å². The molecule has 5 aromatic rings. The van der Waals surface area contributed by atoms with Gasteiger partial charge in [-0.2, -0.15) is 5.10 Å². The van der Waals surface area contributed by atoms with Crippen LogP contribution in [-0.2, 0) is 6.54 Å². The van der Waals surface area contributed by atoms with E-state index >= 15 is 0 Å². The van der Waals surface area contributed by atoms with Crippen molar-refractivity contribution in [2.45, 2.75) is 19.5 Å². The van der Waals surface area contributed by atoms with Crippen LogP contribution in [0.15, 0.2) is 76.3 Å². The standard InChI is InChI=1S/C31H31N7O4/c1-18(20-5-3-7-23(39)15-20)33-26-27(29(41)28(26)40)34-22-8-9-25-24(16-22)30(37-36-25)35-31(42)21-6-2-4-19(14-21)17-38-12-10-32-11-13-38/h2-9,14-16,18,32-34,39H,10-13,17H2,1H3,(H2,35,36,37,42)/t18-/m1/s1. The molecule has 1 aromatic heterocycles. The van der Waals surface area contributed by atoms with Crippen molar-refractivity contribution in [3.8, 4) is 5.75 Å². The number of piperazine rings is 1. The first-order valence-electron chi connectivity index (χ1n) is 13.8.